The summed E-state index contributed by atoms with van der Waals surface area (Å²) in [5.74, 6) is -0.404. The van der Waals surface area contributed by atoms with Crippen LogP contribution in [0.2, 0.25) is 0 Å². The lowest BCUT2D eigenvalue weighted by Crippen LogP contribution is -2.20. The molecule has 2 aromatic heterocycles. The zero-order valence-electron chi connectivity index (χ0n) is 12.5. The van der Waals surface area contributed by atoms with Crippen molar-refractivity contribution in [2.45, 2.75) is 13.5 Å². The summed E-state index contributed by atoms with van der Waals surface area (Å²) in [6, 6.07) is 8.79. The number of aromatic nitrogens is 3. The van der Waals surface area contributed by atoms with Gasteiger partial charge in [0.15, 0.2) is 0 Å². The molecule has 7 heteroatoms. The first-order valence-corrected chi connectivity index (χ1v) is 7.06. The van der Waals surface area contributed by atoms with E-state index in [1.807, 2.05) is 12.1 Å². The van der Waals surface area contributed by atoms with Gasteiger partial charge in [0.1, 0.15) is 5.52 Å². The minimum atomic E-state index is -0.257. The van der Waals surface area contributed by atoms with E-state index in [0.717, 1.165) is 5.52 Å². The number of H-pyrrole nitrogens is 1. The fourth-order valence-corrected chi connectivity index (χ4v) is 2.19. The molecule has 0 aliphatic rings. The van der Waals surface area contributed by atoms with Crippen molar-refractivity contribution >= 4 is 28.5 Å². The molecule has 0 saturated carbocycles. The van der Waals surface area contributed by atoms with Crippen LogP contribution in [0.15, 0.2) is 42.9 Å². The molecule has 0 aliphatic heterocycles. The smallest absolute Gasteiger partial charge is 0.255 e. The van der Waals surface area contributed by atoms with Crippen LogP contribution in [0.4, 0.5) is 5.69 Å². The molecule has 7 nitrogen and oxygen atoms in total. The SMILES string of the molecule is CC(=O)NCc1cc(C(=O)Nc2cccc3[nH]cnc23)ccn1. The number of amides is 2. The Labute approximate surface area is 132 Å². The number of rotatable bonds is 4. The molecule has 2 amide bonds. The third-order valence-electron chi connectivity index (χ3n) is 3.30. The highest BCUT2D eigenvalue weighted by atomic mass is 16.2. The van der Waals surface area contributed by atoms with Crippen LogP contribution in [-0.2, 0) is 11.3 Å². The number of anilines is 1. The number of carbonyl (C=O) groups excluding carboxylic acids is 2. The minimum Gasteiger partial charge on any atom is -0.351 e. The number of hydrogen-bond donors (Lipinski definition) is 3. The average Bonchev–Trinajstić information content (AvgIpc) is 3.03. The van der Waals surface area contributed by atoms with Crippen molar-refractivity contribution in [1.29, 1.82) is 0 Å². The van der Waals surface area contributed by atoms with Crippen LogP contribution in [0, 0.1) is 0 Å². The van der Waals surface area contributed by atoms with Crippen LogP contribution >= 0.6 is 0 Å². The van der Waals surface area contributed by atoms with Crippen LogP contribution in [0.1, 0.15) is 23.0 Å². The second kappa shape index (κ2) is 6.27. The van der Waals surface area contributed by atoms with E-state index in [1.54, 1.807) is 30.7 Å². The Morgan fingerprint density at radius 3 is 2.91 bits per heavy atom. The third kappa shape index (κ3) is 3.34. The van der Waals surface area contributed by atoms with Crippen LogP contribution in [0.5, 0.6) is 0 Å². The maximum atomic E-state index is 12.4. The van der Waals surface area contributed by atoms with Gasteiger partial charge >= 0.3 is 0 Å². The zero-order chi connectivity index (χ0) is 16.2. The lowest BCUT2D eigenvalue weighted by Gasteiger charge is -2.07. The molecule has 0 unspecified atom stereocenters. The first-order chi connectivity index (χ1) is 11.1. The van der Waals surface area contributed by atoms with Crippen molar-refractivity contribution in [3.8, 4) is 0 Å². The fraction of sp³-hybridized carbons (Fsp3) is 0.125. The normalized spacial score (nSPS) is 10.5. The molecular formula is C16H15N5O2. The summed E-state index contributed by atoms with van der Waals surface area (Å²) in [6.07, 6.45) is 3.12. The molecule has 0 saturated heterocycles. The molecule has 0 spiro atoms. The van der Waals surface area contributed by atoms with Crippen molar-refractivity contribution in [3.05, 3.63) is 54.1 Å². The summed E-state index contributed by atoms with van der Waals surface area (Å²) in [7, 11) is 0. The van der Waals surface area contributed by atoms with E-state index in [9.17, 15) is 9.59 Å². The van der Waals surface area contributed by atoms with Crippen molar-refractivity contribution < 1.29 is 9.59 Å². The number of nitrogens with one attached hydrogen (secondary N) is 3. The number of imidazole rings is 1. The Morgan fingerprint density at radius 2 is 2.09 bits per heavy atom. The van der Waals surface area contributed by atoms with E-state index in [-0.39, 0.29) is 18.4 Å². The lowest BCUT2D eigenvalue weighted by molar-refractivity contribution is -0.119. The van der Waals surface area contributed by atoms with Crippen LogP contribution in [-0.4, -0.2) is 26.8 Å². The molecule has 0 atom stereocenters. The third-order valence-corrected chi connectivity index (χ3v) is 3.30. The summed E-state index contributed by atoms with van der Waals surface area (Å²) in [5, 5.41) is 5.49. The van der Waals surface area contributed by atoms with Crippen LogP contribution in [0.25, 0.3) is 11.0 Å². The van der Waals surface area contributed by atoms with Gasteiger partial charge in [-0.25, -0.2) is 4.98 Å². The van der Waals surface area contributed by atoms with Gasteiger partial charge in [0.25, 0.3) is 5.91 Å². The van der Waals surface area contributed by atoms with E-state index in [0.29, 0.717) is 22.5 Å². The van der Waals surface area contributed by atoms with E-state index in [1.165, 1.54) is 6.92 Å². The highest BCUT2D eigenvalue weighted by Gasteiger charge is 2.10. The second-order valence-electron chi connectivity index (χ2n) is 5.00. The first-order valence-electron chi connectivity index (χ1n) is 7.06. The molecular weight excluding hydrogens is 294 g/mol. The topological polar surface area (TPSA) is 99.8 Å². The van der Waals surface area contributed by atoms with Gasteiger partial charge in [0, 0.05) is 18.7 Å². The van der Waals surface area contributed by atoms with Gasteiger partial charge in [-0.2, -0.15) is 0 Å². The van der Waals surface area contributed by atoms with Crippen LogP contribution in [0.3, 0.4) is 0 Å². The molecule has 0 radical (unpaired) electrons. The van der Waals surface area contributed by atoms with Crippen LogP contribution < -0.4 is 10.6 Å². The van der Waals surface area contributed by atoms with Gasteiger partial charge in [-0.3, -0.25) is 14.6 Å². The summed E-state index contributed by atoms with van der Waals surface area (Å²) in [5.41, 5.74) is 3.27. The molecule has 3 N–H and O–H groups in total. The zero-order valence-corrected chi connectivity index (χ0v) is 12.5. The number of fused-ring (bicyclic) bond motifs is 1. The van der Waals surface area contributed by atoms with Gasteiger partial charge in [-0.15, -0.1) is 0 Å². The Morgan fingerprint density at radius 1 is 1.22 bits per heavy atom. The average molecular weight is 309 g/mol. The Bertz CT molecular complexity index is 872. The second-order valence-corrected chi connectivity index (χ2v) is 5.00. The van der Waals surface area contributed by atoms with Gasteiger partial charge < -0.3 is 15.6 Å². The standard InChI is InChI=1S/C16H15N5O2/c1-10(22)18-8-12-7-11(5-6-17-12)16(23)21-14-4-2-3-13-15(14)20-9-19-13/h2-7,9H,8H2,1H3,(H,18,22)(H,19,20)(H,21,23). The highest BCUT2D eigenvalue weighted by molar-refractivity contribution is 6.07. The van der Waals surface area contributed by atoms with Crippen molar-refractivity contribution in [3.63, 3.8) is 0 Å². The molecule has 0 fully saturated rings. The minimum absolute atomic E-state index is 0.146. The molecule has 0 bridgehead atoms. The molecule has 3 aromatic rings. The Balaban J connectivity index is 1.79. The van der Waals surface area contributed by atoms with Gasteiger partial charge in [-0.1, -0.05) is 6.07 Å². The largest absolute Gasteiger partial charge is 0.351 e. The maximum Gasteiger partial charge on any atom is 0.255 e. The molecule has 23 heavy (non-hydrogen) atoms. The van der Waals surface area contributed by atoms with Crippen molar-refractivity contribution in [2.24, 2.45) is 0 Å². The quantitative estimate of drug-likeness (QED) is 0.684. The van der Waals surface area contributed by atoms with Gasteiger partial charge in [-0.05, 0) is 24.3 Å². The molecule has 2 heterocycles. The summed E-state index contributed by atoms with van der Waals surface area (Å²) >= 11 is 0. The number of hydrogen-bond acceptors (Lipinski definition) is 4. The van der Waals surface area contributed by atoms with Crippen molar-refractivity contribution in [2.75, 3.05) is 5.32 Å². The monoisotopic (exact) mass is 309 g/mol. The molecule has 1 aromatic carbocycles. The Kier molecular flexibility index (Phi) is 4.01. The van der Waals surface area contributed by atoms with E-state index in [2.05, 4.69) is 25.6 Å². The Hall–Kier alpha value is -3.22. The number of para-hydroxylation sites is 1. The predicted octanol–water partition coefficient (Wildman–Crippen LogP) is 1.85. The molecule has 116 valence electrons. The number of nitrogens with zero attached hydrogens (tertiary/aromatic N) is 2. The number of benzene rings is 1. The molecule has 3 rings (SSSR count). The van der Waals surface area contributed by atoms with Gasteiger partial charge in [0.05, 0.1) is 29.8 Å². The number of aromatic amines is 1. The highest BCUT2D eigenvalue weighted by Crippen LogP contribution is 2.20. The van der Waals surface area contributed by atoms with Gasteiger partial charge in [0.2, 0.25) is 5.91 Å². The van der Waals surface area contributed by atoms with E-state index < -0.39 is 0 Å². The van der Waals surface area contributed by atoms with E-state index in [4.69, 9.17) is 0 Å². The van der Waals surface area contributed by atoms with Crippen molar-refractivity contribution in [1.82, 2.24) is 20.3 Å². The summed E-state index contributed by atoms with van der Waals surface area (Å²) < 4.78 is 0. The first kappa shape index (κ1) is 14.7. The predicted molar refractivity (Wildman–Crippen MR) is 85.8 cm³/mol. The lowest BCUT2D eigenvalue weighted by atomic mass is 10.2. The van der Waals surface area contributed by atoms with E-state index >= 15 is 0 Å². The summed E-state index contributed by atoms with van der Waals surface area (Å²) in [4.78, 5) is 34.7. The maximum absolute atomic E-state index is 12.4. The molecule has 0 aliphatic carbocycles. The summed E-state index contributed by atoms with van der Waals surface area (Å²) in [6.45, 7) is 1.71. The number of pyridine rings is 1. The number of carbonyl (C=O) groups is 2. The fourth-order valence-electron chi connectivity index (χ4n) is 2.19.